The second kappa shape index (κ2) is 5.35. The molecule has 1 aliphatic rings. The molecule has 0 unspecified atom stereocenters. The molecule has 6 heteroatoms. The molecule has 106 valence electrons. The third kappa shape index (κ3) is 2.67. The van der Waals surface area contributed by atoms with Gasteiger partial charge in [0.05, 0.1) is 0 Å². The molecular formula is C13H16F4N2. The maximum atomic E-state index is 13.6. The van der Waals surface area contributed by atoms with Crippen molar-refractivity contribution in [1.29, 1.82) is 0 Å². The standard InChI is InChI=1S/C13H16F4N2/c1-7-3-5-8(6-4-7)19(2)11-9(14)12(16)18-13(17)10(11)15/h7-8H,3-6H2,1-2H3. The van der Waals surface area contributed by atoms with Crippen LogP contribution in [0.15, 0.2) is 0 Å². The molecule has 0 aromatic carbocycles. The summed E-state index contributed by atoms with van der Waals surface area (Å²) in [5.74, 6) is -5.50. The molecule has 1 aromatic heterocycles. The van der Waals surface area contributed by atoms with E-state index in [1.54, 1.807) is 0 Å². The van der Waals surface area contributed by atoms with Crippen LogP contribution in [0.2, 0.25) is 0 Å². The van der Waals surface area contributed by atoms with E-state index in [4.69, 9.17) is 0 Å². The summed E-state index contributed by atoms with van der Waals surface area (Å²) < 4.78 is 53.5. The van der Waals surface area contributed by atoms with Crippen LogP contribution in [0.4, 0.5) is 23.2 Å². The van der Waals surface area contributed by atoms with Gasteiger partial charge in [0, 0.05) is 13.1 Å². The van der Waals surface area contributed by atoms with Gasteiger partial charge in [-0.15, -0.1) is 0 Å². The van der Waals surface area contributed by atoms with Gasteiger partial charge in [0.15, 0.2) is 0 Å². The Morgan fingerprint density at radius 1 is 0.947 bits per heavy atom. The summed E-state index contributed by atoms with van der Waals surface area (Å²) in [7, 11) is 1.46. The number of hydrogen-bond acceptors (Lipinski definition) is 2. The predicted molar refractivity (Wildman–Crippen MR) is 63.9 cm³/mol. The third-order valence-electron chi connectivity index (χ3n) is 3.86. The van der Waals surface area contributed by atoms with Crippen LogP contribution >= 0.6 is 0 Å². The molecular weight excluding hydrogens is 260 g/mol. The second-order valence-corrected chi connectivity index (χ2v) is 5.19. The fraction of sp³-hybridized carbons (Fsp3) is 0.615. The molecule has 1 fully saturated rings. The van der Waals surface area contributed by atoms with Crippen LogP contribution in [0.3, 0.4) is 0 Å². The number of anilines is 1. The number of hydrogen-bond donors (Lipinski definition) is 0. The van der Waals surface area contributed by atoms with Gasteiger partial charge in [-0.25, -0.2) is 0 Å². The Labute approximate surface area is 109 Å². The largest absolute Gasteiger partial charge is 0.367 e. The van der Waals surface area contributed by atoms with E-state index in [0.717, 1.165) is 25.7 Å². The monoisotopic (exact) mass is 276 g/mol. The Morgan fingerprint density at radius 2 is 1.42 bits per heavy atom. The Hall–Kier alpha value is -1.33. The van der Waals surface area contributed by atoms with E-state index in [1.807, 2.05) is 0 Å². The van der Waals surface area contributed by atoms with Crippen molar-refractivity contribution in [3.8, 4) is 0 Å². The summed E-state index contributed by atoms with van der Waals surface area (Å²) in [5, 5.41) is 0. The van der Waals surface area contributed by atoms with Crippen LogP contribution < -0.4 is 4.90 Å². The molecule has 1 aliphatic carbocycles. The highest BCUT2D eigenvalue weighted by Gasteiger charge is 2.29. The molecule has 0 radical (unpaired) electrons. The Bertz CT molecular complexity index is 444. The molecule has 0 bridgehead atoms. The lowest BCUT2D eigenvalue weighted by molar-refractivity contribution is 0.333. The number of aromatic nitrogens is 1. The average molecular weight is 276 g/mol. The van der Waals surface area contributed by atoms with E-state index in [1.165, 1.54) is 11.9 Å². The molecule has 1 heterocycles. The summed E-state index contributed by atoms with van der Waals surface area (Å²) >= 11 is 0. The summed E-state index contributed by atoms with van der Waals surface area (Å²) in [6.07, 6.45) is 3.38. The van der Waals surface area contributed by atoms with Crippen LogP contribution in [0.25, 0.3) is 0 Å². The number of pyridine rings is 1. The predicted octanol–water partition coefficient (Wildman–Crippen LogP) is 3.65. The summed E-state index contributed by atoms with van der Waals surface area (Å²) in [6.45, 7) is 2.11. The van der Waals surface area contributed by atoms with E-state index < -0.39 is 29.2 Å². The molecule has 0 amide bonds. The van der Waals surface area contributed by atoms with Crippen molar-refractivity contribution in [3.05, 3.63) is 23.5 Å². The van der Waals surface area contributed by atoms with E-state index in [2.05, 4.69) is 11.9 Å². The normalized spacial score (nSPS) is 23.5. The quantitative estimate of drug-likeness (QED) is 0.605. The van der Waals surface area contributed by atoms with Crippen molar-refractivity contribution in [1.82, 2.24) is 4.98 Å². The number of halogens is 4. The first-order valence-electron chi connectivity index (χ1n) is 6.34. The third-order valence-corrected chi connectivity index (χ3v) is 3.86. The Balaban J connectivity index is 2.31. The highest BCUT2D eigenvalue weighted by molar-refractivity contribution is 5.48. The molecule has 0 aliphatic heterocycles. The first-order valence-corrected chi connectivity index (χ1v) is 6.34. The molecule has 0 atom stereocenters. The SMILES string of the molecule is CC1CCC(N(C)c2c(F)c(F)nc(F)c2F)CC1. The van der Waals surface area contributed by atoms with Crippen molar-refractivity contribution in [2.24, 2.45) is 5.92 Å². The molecule has 19 heavy (non-hydrogen) atoms. The van der Waals surface area contributed by atoms with Crippen LogP contribution in [0, 0.1) is 29.4 Å². The summed E-state index contributed by atoms with van der Waals surface area (Å²) in [5.41, 5.74) is -0.662. The zero-order chi connectivity index (χ0) is 14.2. The lowest BCUT2D eigenvalue weighted by Crippen LogP contribution is -2.36. The fourth-order valence-corrected chi connectivity index (χ4v) is 2.60. The van der Waals surface area contributed by atoms with Crippen molar-refractivity contribution in [2.75, 3.05) is 11.9 Å². The van der Waals surface area contributed by atoms with Crippen molar-refractivity contribution in [2.45, 2.75) is 38.6 Å². The van der Waals surface area contributed by atoms with Gasteiger partial charge in [-0.05, 0) is 31.6 Å². The minimum absolute atomic E-state index is 0.110. The van der Waals surface area contributed by atoms with Crippen molar-refractivity contribution >= 4 is 5.69 Å². The van der Waals surface area contributed by atoms with Gasteiger partial charge in [-0.3, -0.25) is 0 Å². The molecule has 2 nitrogen and oxygen atoms in total. The zero-order valence-electron chi connectivity index (χ0n) is 10.9. The van der Waals surface area contributed by atoms with Gasteiger partial charge in [-0.1, -0.05) is 6.92 Å². The minimum atomic E-state index is -1.61. The van der Waals surface area contributed by atoms with Gasteiger partial charge in [0.1, 0.15) is 5.69 Å². The highest BCUT2D eigenvalue weighted by atomic mass is 19.2. The van der Waals surface area contributed by atoms with Crippen molar-refractivity contribution < 1.29 is 17.6 Å². The van der Waals surface area contributed by atoms with Crippen molar-refractivity contribution in [3.63, 3.8) is 0 Å². The number of nitrogens with zero attached hydrogens (tertiary/aromatic N) is 2. The molecule has 1 aromatic rings. The Kier molecular flexibility index (Phi) is 3.96. The van der Waals surface area contributed by atoms with Gasteiger partial charge in [0.2, 0.25) is 11.6 Å². The first kappa shape index (κ1) is 14.1. The van der Waals surface area contributed by atoms with Crippen LogP contribution in [-0.4, -0.2) is 18.1 Å². The highest BCUT2D eigenvalue weighted by Crippen LogP contribution is 2.32. The van der Waals surface area contributed by atoms with Crippen LogP contribution in [0.5, 0.6) is 0 Å². The Morgan fingerprint density at radius 3 is 1.89 bits per heavy atom. The van der Waals surface area contributed by atoms with Gasteiger partial charge < -0.3 is 4.90 Å². The smallest absolute Gasteiger partial charge is 0.253 e. The second-order valence-electron chi connectivity index (χ2n) is 5.19. The van der Waals surface area contributed by atoms with Crippen LogP contribution in [-0.2, 0) is 0 Å². The first-order chi connectivity index (χ1) is 8.91. The zero-order valence-corrected chi connectivity index (χ0v) is 10.9. The van der Waals surface area contributed by atoms with E-state index >= 15 is 0 Å². The lowest BCUT2D eigenvalue weighted by atomic mass is 9.86. The minimum Gasteiger partial charge on any atom is -0.367 e. The van der Waals surface area contributed by atoms with Gasteiger partial charge in [-0.2, -0.15) is 22.5 Å². The van der Waals surface area contributed by atoms with E-state index in [9.17, 15) is 17.6 Å². The summed E-state index contributed by atoms with van der Waals surface area (Å²) in [4.78, 5) is 3.86. The molecule has 0 saturated heterocycles. The van der Waals surface area contributed by atoms with E-state index in [0.29, 0.717) is 5.92 Å². The van der Waals surface area contributed by atoms with Gasteiger partial charge in [0.25, 0.3) is 11.9 Å². The topological polar surface area (TPSA) is 16.1 Å². The molecule has 0 N–H and O–H groups in total. The average Bonchev–Trinajstić information content (AvgIpc) is 2.37. The molecule has 1 saturated carbocycles. The molecule has 2 rings (SSSR count). The maximum Gasteiger partial charge on any atom is 0.253 e. The maximum absolute atomic E-state index is 13.6. The van der Waals surface area contributed by atoms with E-state index in [-0.39, 0.29) is 6.04 Å². The van der Waals surface area contributed by atoms with Gasteiger partial charge >= 0.3 is 0 Å². The number of rotatable bonds is 2. The molecule has 0 spiro atoms. The lowest BCUT2D eigenvalue weighted by Gasteiger charge is -2.35. The summed E-state index contributed by atoms with van der Waals surface area (Å²) in [6, 6.07) is -0.110. The fourth-order valence-electron chi connectivity index (χ4n) is 2.60. The van der Waals surface area contributed by atoms with Crippen LogP contribution in [0.1, 0.15) is 32.6 Å².